The molecule has 1 aromatic rings. The van der Waals surface area contributed by atoms with Crippen molar-refractivity contribution in [2.45, 2.75) is 44.2 Å². The number of hydrogen-bond acceptors (Lipinski definition) is 7. The van der Waals surface area contributed by atoms with Crippen LogP contribution in [0.1, 0.15) is 40.1 Å². The Morgan fingerprint density at radius 3 is 2.78 bits per heavy atom. The zero-order chi connectivity index (χ0) is 19.1. The molecule has 4 atom stereocenters. The number of hydrogen-bond donors (Lipinski definition) is 0. The molecule has 1 spiro atoms. The van der Waals surface area contributed by atoms with Crippen molar-refractivity contribution in [3.05, 3.63) is 27.7 Å². The van der Waals surface area contributed by atoms with Crippen molar-refractivity contribution in [3.63, 3.8) is 0 Å². The van der Waals surface area contributed by atoms with E-state index in [-0.39, 0.29) is 47.0 Å². The lowest BCUT2D eigenvalue weighted by atomic mass is 9.76. The number of pyridine rings is 1. The molecule has 0 aromatic carbocycles. The van der Waals surface area contributed by atoms with Crippen LogP contribution in [-0.2, 0) is 16.0 Å². The Morgan fingerprint density at radius 1 is 1.37 bits per heavy atom. The highest BCUT2D eigenvalue weighted by molar-refractivity contribution is 6.56. The highest BCUT2D eigenvalue weighted by atomic mass is 16.6. The normalized spacial score (nSPS) is 32.3. The van der Waals surface area contributed by atoms with Crippen molar-refractivity contribution in [3.8, 4) is 5.75 Å². The molecule has 9 nitrogen and oxygen atoms in total. The Bertz CT molecular complexity index is 973. The monoisotopic (exact) mass is 372 g/mol. The van der Waals surface area contributed by atoms with E-state index in [2.05, 4.69) is 4.74 Å². The van der Waals surface area contributed by atoms with E-state index < -0.39 is 23.5 Å². The third-order valence-electron chi connectivity index (χ3n) is 6.25. The van der Waals surface area contributed by atoms with Gasteiger partial charge in [0.1, 0.15) is 5.56 Å². The van der Waals surface area contributed by atoms with Crippen LogP contribution >= 0.6 is 0 Å². The van der Waals surface area contributed by atoms with Gasteiger partial charge in [0.2, 0.25) is 13.3 Å². The van der Waals surface area contributed by atoms with Gasteiger partial charge in [-0.15, -0.1) is 0 Å². The molecule has 0 N–H and O–H groups in total. The van der Waals surface area contributed by atoms with E-state index in [1.165, 1.54) is 17.9 Å². The fourth-order valence-electron chi connectivity index (χ4n) is 4.80. The Morgan fingerprint density at radius 2 is 2.15 bits per heavy atom. The minimum Gasteiger partial charge on any atom is -0.491 e. The van der Waals surface area contributed by atoms with Gasteiger partial charge in [0.05, 0.1) is 19.8 Å². The molecule has 10 heteroatoms. The number of fused-ring (bicyclic) bond motifs is 3. The highest BCUT2D eigenvalue weighted by Gasteiger charge is 2.72. The molecule has 3 heterocycles. The molecule has 2 saturated carbocycles. The highest BCUT2D eigenvalue weighted by Crippen LogP contribution is 2.67. The molecule has 2 aliphatic heterocycles. The Hall–Kier alpha value is -2.62. The summed E-state index contributed by atoms with van der Waals surface area (Å²) in [6, 6.07) is 0.137. The molecule has 2 unspecified atom stereocenters. The van der Waals surface area contributed by atoms with Crippen molar-refractivity contribution in [2.24, 2.45) is 5.41 Å². The Kier molecular flexibility index (Phi) is 3.20. The van der Waals surface area contributed by atoms with Gasteiger partial charge in [-0.3, -0.25) is 14.4 Å². The smallest absolute Gasteiger partial charge is 0.350 e. The molecule has 0 bridgehead atoms. The van der Waals surface area contributed by atoms with Crippen LogP contribution in [0.4, 0.5) is 4.79 Å². The first-order valence-corrected chi connectivity index (χ1v) is 8.89. The number of esters is 1. The van der Waals surface area contributed by atoms with Gasteiger partial charge in [0.15, 0.2) is 17.7 Å². The van der Waals surface area contributed by atoms with Gasteiger partial charge in [-0.1, -0.05) is 0 Å². The number of nitrogens with zero attached hydrogens (tertiary/aromatic N) is 2. The van der Waals surface area contributed by atoms with Crippen LogP contribution in [0.15, 0.2) is 11.0 Å². The van der Waals surface area contributed by atoms with Crippen LogP contribution in [0.25, 0.3) is 0 Å². The van der Waals surface area contributed by atoms with Crippen molar-refractivity contribution in [1.29, 1.82) is 0 Å². The first-order valence-electron chi connectivity index (χ1n) is 8.89. The van der Waals surface area contributed by atoms with Crippen molar-refractivity contribution in [1.82, 2.24) is 9.47 Å². The summed E-state index contributed by atoms with van der Waals surface area (Å²) in [4.78, 5) is 50.8. The van der Waals surface area contributed by atoms with E-state index in [1.54, 1.807) is 4.90 Å². The first-order chi connectivity index (χ1) is 12.9. The number of ether oxygens (including phenoxy) is 3. The van der Waals surface area contributed by atoms with Crippen LogP contribution in [0.5, 0.6) is 5.75 Å². The second-order valence-electron chi connectivity index (χ2n) is 7.57. The van der Waals surface area contributed by atoms with Crippen molar-refractivity contribution >= 4 is 25.6 Å². The van der Waals surface area contributed by atoms with Crippen molar-refractivity contribution < 1.29 is 28.6 Å². The average molecular weight is 372 g/mol. The lowest BCUT2D eigenvalue weighted by Crippen LogP contribution is -2.61. The van der Waals surface area contributed by atoms with Crippen LogP contribution in [-0.4, -0.2) is 60.5 Å². The summed E-state index contributed by atoms with van der Waals surface area (Å²) in [6.07, 6.45) is 3.94. The summed E-state index contributed by atoms with van der Waals surface area (Å²) in [5, 5.41) is 0. The minimum atomic E-state index is -1.07. The van der Waals surface area contributed by atoms with E-state index in [0.717, 1.165) is 27.1 Å². The lowest BCUT2D eigenvalue weighted by Gasteiger charge is -2.51. The van der Waals surface area contributed by atoms with Gasteiger partial charge < -0.3 is 23.7 Å². The maximum Gasteiger partial charge on any atom is 0.350 e. The molecule has 1 amide bonds. The number of carbonyl (C=O) groups is 3. The minimum absolute atomic E-state index is 0.0904. The van der Waals surface area contributed by atoms with E-state index in [4.69, 9.17) is 9.47 Å². The number of carbonyl (C=O) groups excluding carboxylic acids is 3. The standard InChI is InChI=1S/C17H17BN2O7/c1-25-13-11-14(22)20-8-4-17(8)3-2-9(17)26-10(20)6-19(11)5-7(12(13)21)15(23)27-16(18)24/h5,8-10H,2-4,6,18H2,1H3/t8-,9-,10?,17?/m1/s1. The molecule has 0 radical (unpaired) electrons. The summed E-state index contributed by atoms with van der Waals surface area (Å²) in [7, 11) is 2.34. The molecule has 4 aliphatic rings. The summed E-state index contributed by atoms with van der Waals surface area (Å²) in [5.41, 5.74) is -0.937. The topological polar surface area (TPSA) is 104 Å². The predicted octanol–water partition coefficient (Wildman–Crippen LogP) is -0.500. The molecular formula is C17H17BN2O7. The molecular weight excluding hydrogens is 355 g/mol. The number of amides is 1. The lowest BCUT2D eigenvalue weighted by molar-refractivity contribution is -0.196. The third-order valence-corrected chi connectivity index (χ3v) is 6.25. The molecule has 5 rings (SSSR count). The summed E-state index contributed by atoms with van der Waals surface area (Å²) >= 11 is 0. The van der Waals surface area contributed by atoms with E-state index in [9.17, 15) is 19.2 Å². The molecule has 140 valence electrons. The summed E-state index contributed by atoms with van der Waals surface area (Å²) < 4.78 is 17.3. The summed E-state index contributed by atoms with van der Waals surface area (Å²) in [6.45, 7) is 0.279. The van der Waals surface area contributed by atoms with E-state index in [1.807, 2.05) is 0 Å². The SMILES string of the molecule is BC(=O)OC(=O)c1cn2c(c(OC)c1=O)C(=O)N1C(C2)O[C@@H]2CCC23C[C@@H]13. The van der Waals surface area contributed by atoms with Gasteiger partial charge in [-0.2, -0.15) is 0 Å². The van der Waals surface area contributed by atoms with Gasteiger partial charge in [-0.05, 0) is 19.3 Å². The Balaban J connectivity index is 1.60. The predicted molar refractivity (Wildman–Crippen MR) is 91.5 cm³/mol. The maximum atomic E-state index is 13.2. The van der Waals surface area contributed by atoms with Crippen molar-refractivity contribution in [2.75, 3.05) is 7.11 Å². The van der Waals surface area contributed by atoms with Gasteiger partial charge in [-0.25, -0.2) is 4.79 Å². The quantitative estimate of drug-likeness (QED) is 0.392. The zero-order valence-electron chi connectivity index (χ0n) is 14.9. The molecule has 1 saturated heterocycles. The van der Waals surface area contributed by atoms with Crippen LogP contribution in [0.3, 0.4) is 0 Å². The van der Waals surface area contributed by atoms with Gasteiger partial charge in [0.25, 0.3) is 11.8 Å². The van der Waals surface area contributed by atoms with E-state index in [0.29, 0.717) is 0 Å². The third kappa shape index (κ3) is 2.04. The average Bonchev–Trinajstić information content (AvgIpc) is 3.36. The van der Waals surface area contributed by atoms with Gasteiger partial charge >= 0.3 is 5.97 Å². The van der Waals surface area contributed by atoms with Gasteiger partial charge in [0, 0.05) is 17.7 Å². The zero-order valence-corrected chi connectivity index (χ0v) is 14.9. The van der Waals surface area contributed by atoms with E-state index >= 15 is 0 Å². The first kappa shape index (κ1) is 16.6. The van der Waals surface area contributed by atoms with Crippen LogP contribution in [0, 0.1) is 5.41 Å². The molecule has 1 aromatic heterocycles. The second kappa shape index (κ2) is 5.22. The summed E-state index contributed by atoms with van der Waals surface area (Å²) in [5.74, 6) is -2.45. The number of rotatable bonds is 2. The molecule has 27 heavy (non-hydrogen) atoms. The number of methoxy groups -OCH3 is 1. The van der Waals surface area contributed by atoms with Crippen LogP contribution in [0.2, 0.25) is 0 Å². The Labute approximate surface area is 154 Å². The largest absolute Gasteiger partial charge is 0.491 e. The number of aromatic nitrogens is 1. The second-order valence-corrected chi connectivity index (χ2v) is 7.57. The van der Waals surface area contributed by atoms with Crippen LogP contribution < -0.4 is 10.2 Å². The fraction of sp³-hybridized carbons (Fsp3) is 0.529. The molecule has 3 fully saturated rings. The maximum absolute atomic E-state index is 13.2. The fourth-order valence-corrected chi connectivity index (χ4v) is 4.80. The molecule has 2 aliphatic carbocycles.